The zero-order chi connectivity index (χ0) is 28.9. The molecule has 1 aromatic carbocycles. The third-order valence-electron chi connectivity index (χ3n) is 8.04. The Balaban J connectivity index is 1.67. The molecule has 0 radical (unpaired) electrons. The lowest BCUT2D eigenvalue weighted by atomic mass is 9.90. The van der Waals surface area contributed by atoms with E-state index in [1.165, 1.54) is 12.1 Å². The minimum atomic E-state index is -0.313. The van der Waals surface area contributed by atoms with Crippen molar-refractivity contribution in [1.29, 1.82) is 0 Å². The second-order valence-electron chi connectivity index (χ2n) is 11.3. The van der Waals surface area contributed by atoms with Crippen LogP contribution in [0, 0.1) is 5.82 Å². The van der Waals surface area contributed by atoms with Crippen molar-refractivity contribution in [3.63, 3.8) is 0 Å². The summed E-state index contributed by atoms with van der Waals surface area (Å²) in [6.45, 7) is 4.73. The molecule has 2 heterocycles. The third kappa shape index (κ3) is 6.46. The van der Waals surface area contributed by atoms with Crippen LogP contribution in [0.4, 0.5) is 4.39 Å². The number of cyclic esters (lactones) is 1. The number of aromatic nitrogens is 1. The van der Waals surface area contributed by atoms with E-state index >= 15 is 0 Å². The Hall–Kier alpha value is -3.71. The molecule has 3 aliphatic rings. The number of hydrogen-bond acceptors (Lipinski definition) is 4. The normalized spacial score (nSPS) is 20.6. The Kier molecular flexibility index (Phi) is 9.03. The molecular formula is C34H39FN2O4. The van der Waals surface area contributed by atoms with E-state index < -0.39 is 0 Å². The molecule has 0 saturated carbocycles. The highest BCUT2D eigenvalue weighted by Gasteiger charge is 2.33. The van der Waals surface area contributed by atoms with Crippen LogP contribution in [0.2, 0.25) is 0 Å². The maximum absolute atomic E-state index is 14.2. The summed E-state index contributed by atoms with van der Waals surface area (Å²) in [5.41, 5.74) is 6.18. The highest BCUT2D eigenvalue weighted by Crippen LogP contribution is 2.42. The highest BCUT2D eigenvalue weighted by molar-refractivity contribution is 6.05. The molecule has 1 saturated heterocycles. The minimum absolute atomic E-state index is 0.0179. The van der Waals surface area contributed by atoms with Crippen LogP contribution in [-0.2, 0) is 20.8 Å². The molecule has 0 spiro atoms. The maximum Gasteiger partial charge on any atom is 0.308 e. The number of halogens is 1. The summed E-state index contributed by atoms with van der Waals surface area (Å²) in [5.74, 6) is -0.680. The van der Waals surface area contributed by atoms with Gasteiger partial charge >= 0.3 is 5.97 Å². The Morgan fingerprint density at radius 3 is 2.49 bits per heavy atom. The summed E-state index contributed by atoms with van der Waals surface area (Å²) in [6.07, 6.45) is 16.6. The molecule has 1 aliphatic heterocycles. The molecular weight excluding hydrogens is 519 g/mol. The van der Waals surface area contributed by atoms with Crippen LogP contribution in [0.25, 0.3) is 16.8 Å². The van der Waals surface area contributed by atoms with Gasteiger partial charge in [0.25, 0.3) is 5.91 Å². The fourth-order valence-electron chi connectivity index (χ4n) is 6.12. The molecule has 6 nitrogen and oxygen atoms in total. The van der Waals surface area contributed by atoms with Crippen molar-refractivity contribution in [2.75, 3.05) is 7.11 Å². The van der Waals surface area contributed by atoms with E-state index in [1.807, 2.05) is 18.2 Å². The van der Waals surface area contributed by atoms with E-state index in [-0.39, 0.29) is 42.2 Å². The number of nitrogens with zero attached hydrogens (tertiary/aromatic N) is 1. The van der Waals surface area contributed by atoms with Gasteiger partial charge in [-0.1, -0.05) is 44.2 Å². The highest BCUT2D eigenvalue weighted by atomic mass is 19.1. The first-order valence-corrected chi connectivity index (χ1v) is 14.6. The summed E-state index contributed by atoms with van der Waals surface area (Å²) in [6, 6.07) is 6.49. The standard InChI is InChI=1S/C34H39FN2O4/c1-22(2)32-31(34(39)36-26-12-8-5-9-13-26)30(23-10-6-4-7-11-23)33(24-14-16-25(35)17-15-24)37(32)19-18-27-20-28(40-3)21-29(38)41-27/h4-6,8,10,12,14-17,22,27-28H,7,9,11,13,18-21H2,1-3H3,(H,36,39)/t27-,28-/m1/s1. The predicted molar refractivity (Wildman–Crippen MR) is 159 cm³/mol. The first-order chi connectivity index (χ1) is 19.9. The van der Waals surface area contributed by atoms with Crippen LogP contribution in [-0.4, -0.2) is 35.8 Å². The molecule has 2 aliphatic carbocycles. The fraction of sp³-hybridized carbons (Fsp3) is 0.412. The van der Waals surface area contributed by atoms with Crippen molar-refractivity contribution in [3.05, 3.63) is 89.1 Å². The van der Waals surface area contributed by atoms with Crippen LogP contribution in [0.15, 0.2) is 66.4 Å². The lowest BCUT2D eigenvalue weighted by Crippen LogP contribution is -2.34. The number of hydrogen-bond donors (Lipinski definition) is 1. The van der Waals surface area contributed by atoms with Gasteiger partial charge in [-0.25, -0.2) is 4.39 Å². The van der Waals surface area contributed by atoms with Gasteiger partial charge in [-0.2, -0.15) is 0 Å². The smallest absolute Gasteiger partial charge is 0.308 e. The summed E-state index contributed by atoms with van der Waals surface area (Å²) in [4.78, 5) is 26.5. The number of carbonyl (C=O) groups excluding carboxylic acids is 2. The Morgan fingerprint density at radius 2 is 1.85 bits per heavy atom. The number of carbonyl (C=O) groups is 2. The van der Waals surface area contributed by atoms with Gasteiger partial charge in [0.15, 0.2) is 0 Å². The van der Waals surface area contributed by atoms with Gasteiger partial charge in [-0.15, -0.1) is 0 Å². The van der Waals surface area contributed by atoms with Crippen molar-refractivity contribution in [2.24, 2.45) is 0 Å². The molecule has 1 aromatic heterocycles. The molecule has 7 heteroatoms. The van der Waals surface area contributed by atoms with Crippen LogP contribution in [0.3, 0.4) is 0 Å². The van der Waals surface area contributed by atoms with E-state index in [2.05, 4.69) is 42.0 Å². The topological polar surface area (TPSA) is 69.6 Å². The molecule has 0 bridgehead atoms. The first kappa shape index (κ1) is 28.8. The van der Waals surface area contributed by atoms with Crippen LogP contribution in [0.1, 0.15) is 86.3 Å². The number of esters is 1. The van der Waals surface area contributed by atoms with E-state index in [9.17, 15) is 14.0 Å². The number of ether oxygens (including phenoxy) is 2. The van der Waals surface area contributed by atoms with Crippen LogP contribution >= 0.6 is 0 Å². The quantitative estimate of drug-likeness (QED) is 0.330. The van der Waals surface area contributed by atoms with Gasteiger partial charge in [-0.05, 0) is 73.1 Å². The van der Waals surface area contributed by atoms with Gasteiger partial charge < -0.3 is 19.4 Å². The second kappa shape index (κ2) is 12.9. The number of methoxy groups -OCH3 is 1. The Labute approximate surface area is 241 Å². The number of nitrogens with one attached hydrogen (secondary N) is 1. The van der Waals surface area contributed by atoms with Crippen LogP contribution in [0.5, 0.6) is 0 Å². The average molecular weight is 559 g/mol. The molecule has 1 fully saturated rings. The van der Waals surface area contributed by atoms with Gasteiger partial charge in [0.2, 0.25) is 0 Å². The number of allylic oxidation sites excluding steroid dienone is 8. The van der Waals surface area contributed by atoms with E-state index in [1.54, 1.807) is 19.2 Å². The number of amides is 1. The van der Waals surface area contributed by atoms with Gasteiger partial charge in [0, 0.05) is 43.5 Å². The summed E-state index contributed by atoms with van der Waals surface area (Å²) in [5, 5.41) is 3.20. The lowest BCUT2D eigenvalue weighted by molar-refractivity contribution is -0.162. The first-order valence-electron chi connectivity index (χ1n) is 14.6. The fourth-order valence-corrected chi connectivity index (χ4v) is 6.12. The van der Waals surface area contributed by atoms with Crippen LogP contribution < -0.4 is 5.32 Å². The maximum atomic E-state index is 14.2. The molecule has 216 valence electrons. The summed E-state index contributed by atoms with van der Waals surface area (Å²) in [7, 11) is 1.62. The predicted octanol–water partition coefficient (Wildman–Crippen LogP) is 7.23. The van der Waals surface area contributed by atoms with Crippen molar-refractivity contribution in [1.82, 2.24) is 9.88 Å². The molecule has 2 atom stereocenters. The van der Waals surface area contributed by atoms with Crippen molar-refractivity contribution < 1.29 is 23.5 Å². The number of rotatable bonds is 9. The Morgan fingerprint density at radius 1 is 1.12 bits per heavy atom. The second-order valence-corrected chi connectivity index (χ2v) is 11.3. The minimum Gasteiger partial charge on any atom is -0.462 e. The summed E-state index contributed by atoms with van der Waals surface area (Å²) >= 11 is 0. The zero-order valence-corrected chi connectivity index (χ0v) is 24.1. The van der Waals surface area contributed by atoms with Crippen molar-refractivity contribution in [2.45, 2.75) is 83.5 Å². The molecule has 1 N–H and O–H groups in total. The Bertz CT molecular complexity index is 1410. The molecule has 41 heavy (non-hydrogen) atoms. The molecule has 5 rings (SSSR count). The third-order valence-corrected chi connectivity index (χ3v) is 8.04. The molecule has 0 unspecified atom stereocenters. The molecule has 1 amide bonds. The zero-order valence-electron chi connectivity index (χ0n) is 24.1. The summed E-state index contributed by atoms with van der Waals surface area (Å²) < 4.78 is 27.5. The van der Waals surface area contributed by atoms with Gasteiger partial charge in [0.05, 0.1) is 23.8 Å². The van der Waals surface area contributed by atoms with Crippen molar-refractivity contribution >= 4 is 17.4 Å². The monoisotopic (exact) mass is 558 g/mol. The van der Waals surface area contributed by atoms with E-state index in [0.717, 1.165) is 59.5 Å². The van der Waals surface area contributed by atoms with E-state index in [4.69, 9.17) is 9.47 Å². The van der Waals surface area contributed by atoms with E-state index in [0.29, 0.717) is 24.9 Å². The van der Waals surface area contributed by atoms with Gasteiger partial charge in [-0.3, -0.25) is 9.59 Å². The lowest BCUT2D eigenvalue weighted by Gasteiger charge is -2.29. The molecule has 2 aromatic rings. The average Bonchev–Trinajstić information content (AvgIpc) is 3.33. The largest absolute Gasteiger partial charge is 0.462 e. The number of benzene rings is 1. The van der Waals surface area contributed by atoms with Crippen molar-refractivity contribution in [3.8, 4) is 11.3 Å². The van der Waals surface area contributed by atoms with Gasteiger partial charge in [0.1, 0.15) is 11.9 Å². The SMILES string of the molecule is CO[C@H]1CC(=O)O[C@H](CCn2c(-c3ccc(F)cc3)c(C3=CC=CCC3)c(C(=O)NC3=CC=CCC3)c2C(C)C)C1.